The SMILES string of the molecule is CCCN(CC(=O)Nc1ccccc1C)C(=O)c1ccc(C)c(F)c1. The van der Waals surface area contributed by atoms with E-state index in [1.54, 1.807) is 19.1 Å². The fourth-order valence-electron chi connectivity index (χ4n) is 2.51. The Kier molecular flexibility index (Phi) is 6.28. The Morgan fingerprint density at radius 2 is 1.80 bits per heavy atom. The number of benzene rings is 2. The van der Waals surface area contributed by atoms with Crippen LogP contribution >= 0.6 is 0 Å². The summed E-state index contributed by atoms with van der Waals surface area (Å²) >= 11 is 0. The molecule has 0 saturated carbocycles. The minimum absolute atomic E-state index is 0.0729. The molecule has 2 amide bonds. The zero-order valence-electron chi connectivity index (χ0n) is 14.8. The molecule has 2 aromatic carbocycles. The zero-order valence-corrected chi connectivity index (χ0v) is 14.8. The molecule has 0 atom stereocenters. The largest absolute Gasteiger partial charge is 0.329 e. The van der Waals surface area contributed by atoms with Crippen molar-refractivity contribution in [2.45, 2.75) is 27.2 Å². The molecule has 0 aliphatic rings. The second kappa shape index (κ2) is 8.42. The molecule has 4 nitrogen and oxygen atoms in total. The molecule has 5 heteroatoms. The van der Waals surface area contributed by atoms with Gasteiger partial charge in [0.1, 0.15) is 12.4 Å². The number of aryl methyl sites for hydroxylation is 2. The van der Waals surface area contributed by atoms with Crippen LogP contribution in [-0.4, -0.2) is 29.8 Å². The van der Waals surface area contributed by atoms with Crippen LogP contribution in [0.25, 0.3) is 0 Å². The van der Waals surface area contributed by atoms with Gasteiger partial charge in [-0.25, -0.2) is 4.39 Å². The number of carbonyl (C=O) groups is 2. The van der Waals surface area contributed by atoms with Crippen LogP contribution in [0.1, 0.15) is 34.8 Å². The first-order chi connectivity index (χ1) is 11.9. The second-order valence-corrected chi connectivity index (χ2v) is 6.05. The van der Waals surface area contributed by atoms with Crippen LogP contribution in [0.5, 0.6) is 0 Å². The van der Waals surface area contributed by atoms with Crippen molar-refractivity contribution < 1.29 is 14.0 Å². The van der Waals surface area contributed by atoms with Gasteiger partial charge in [-0.15, -0.1) is 0 Å². The molecule has 0 saturated heterocycles. The monoisotopic (exact) mass is 342 g/mol. The Morgan fingerprint density at radius 1 is 1.08 bits per heavy atom. The first-order valence-corrected chi connectivity index (χ1v) is 8.33. The van der Waals surface area contributed by atoms with Gasteiger partial charge in [0.15, 0.2) is 0 Å². The second-order valence-electron chi connectivity index (χ2n) is 6.05. The molecule has 2 aromatic rings. The number of halogens is 1. The number of rotatable bonds is 6. The van der Waals surface area contributed by atoms with Gasteiger partial charge in [-0.05, 0) is 49.6 Å². The van der Waals surface area contributed by atoms with E-state index >= 15 is 0 Å². The summed E-state index contributed by atoms with van der Waals surface area (Å²) in [5, 5.41) is 2.82. The fourth-order valence-corrected chi connectivity index (χ4v) is 2.51. The summed E-state index contributed by atoms with van der Waals surface area (Å²) < 4.78 is 13.7. The van der Waals surface area contributed by atoms with Gasteiger partial charge in [0.25, 0.3) is 5.91 Å². The Bertz CT molecular complexity index is 774. The van der Waals surface area contributed by atoms with Crippen LogP contribution in [0, 0.1) is 19.7 Å². The third-order valence-electron chi connectivity index (χ3n) is 3.95. The smallest absolute Gasteiger partial charge is 0.254 e. The number of hydrogen-bond donors (Lipinski definition) is 1. The molecule has 0 aromatic heterocycles. The van der Waals surface area contributed by atoms with Gasteiger partial charge >= 0.3 is 0 Å². The number of nitrogens with one attached hydrogen (secondary N) is 1. The lowest BCUT2D eigenvalue weighted by molar-refractivity contribution is -0.116. The minimum atomic E-state index is -0.424. The van der Waals surface area contributed by atoms with Gasteiger partial charge in [-0.3, -0.25) is 9.59 Å². The Hall–Kier alpha value is -2.69. The summed E-state index contributed by atoms with van der Waals surface area (Å²) in [5.74, 6) is -1.05. The first kappa shape index (κ1) is 18.6. The third-order valence-corrected chi connectivity index (χ3v) is 3.95. The van der Waals surface area contributed by atoms with E-state index in [0.717, 1.165) is 11.3 Å². The lowest BCUT2D eigenvalue weighted by Gasteiger charge is -2.22. The summed E-state index contributed by atoms with van der Waals surface area (Å²) in [7, 11) is 0. The molecule has 2 rings (SSSR count). The molecule has 0 radical (unpaired) electrons. The molecule has 132 valence electrons. The Balaban J connectivity index is 2.11. The quantitative estimate of drug-likeness (QED) is 0.864. The molecule has 0 unspecified atom stereocenters. The average molecular weight is 342 g/mol. The number of nitrogens with zero attached hydrogens (tertiary/aromatic N) is 1. The maximum atomic E-state index is 13.7. The zero-order chi connectivity index (χ0) is 18.4. The number of anilines is 1. The van der Waals surface area contributed by atoms with E-state index in [9.17, 15) is 14.0 Å². The van der Waals surface area contributed by atoms with Crippen LogP contribution in [0.15, 0.2) is 42.5 Å². The summed E-state index contributed by atoms with van der Waals surface area (Å²) in [4.78, 5) is 26.4. The van der Waals surface area contributed by atoms with Crippen molar-refractivity contribution >= 4 is 17.5 Å². The van der Waals surface area contributed by atoms with E-state index < -0.39 is 5.82 Å². The lowest BCUT2D eigenvalue weighted by atomic mass is 10.1. The molecule has 0 heterocycles. The summed E-state index contributed by atoms with van der Waals surface area (Å²) in [6.07, 6.45) is 0.706. The summed E-state index contributed by atoms with van der Waals surface area (Å²) in [6.45, 7) is 5.82. The standard InChI is InChI=1S/C20H23FN2O2/c1-4-11-23(20(25)16-10-9-14(2)17(21)12-16)13-19(24)22-18-8-6-5-7-15(18)3/h5-10,12H,4,11,13H2,1-3H3,(H,22,24). The van der Waals surface area contributed by atoms with Gasteiger partial charge < -0.3 is 10.2 Å². The van der Waals surface area contributed by atoms with Crippen molar-refractivity contribution in [3.8, 4) is 0 Å². The highest BCUT2D eigenvalue weighted by atomic mass is 19.1. The third kappa shape index (κ3) is 4.89. The molecular formula is C20H23FN2O2. The molecule has 0 aliphatic carbocycles. The highest BCUT2D eigenvalue weighted by molar-refractivity contribution is 5.99. The van der Waals surface area contributed by atoms with Gasteiger partial charge in [-0.2, -0.15) is 0 Å². The normalized spacial score (nSPS) is 10.4. The highest BCUT2D eigenvalue weighted by Gasteiger charge is 2.19. The van der Waals surface area contributed by atoms with E-state index in [0.29, 0.717) is 18.5 Å². The van der Waals surface area contributed by atoms with Gasteiger partial charge in [0.05, 0.1) is 0 Å². The molecular weight excluding hydrogens is 319 g/mol. The molecule has 0 spiro atoms. The lowest BCUT2D eigenvalue weighted by Crippen LogP contribution is -2.38. The number of carbonyl (C=O) groups excluding carboxylic acids is 2. The average Bonchev–Trinajstić information content (AvgIpc) is 2.58. The molecule has 25 heavy (non-hydrogen) atoms. The van der Waals surface area contributed by atoms with Crippen LogP contribution in [0.4, 0.5) is 10.1 Å². The van der Waals surface area contributed by atoms with Crippen molar-refractivity contribution in [2.75, 3.05) is 18.4 Å². The van der Waals surface area contributed by atoms with E-state index in [1.165, 1.54) is 11.0 Å². The van der Waals surface area contributed by atoms with Crippen LogP contribution in [0.2, 0.25) is 0 Å². The van der Waals surface area contributed by atoms with Crippen molar-refractivity contribution in [1.29, 1.82) is 0 Å². The van der Waals surface area contributed by atoms with Crippen LogP contribution in [0.3, 0.4) is 0 Å². The Labute approximate surface area is 147 Å². The molecule has 1 N–H and O–H groups in total. The molecule has 0 aliphatic heterocycles. The van der Waals surface area contributed by atoms with Gasteiger partial charge in [-0.1, -0.05) is 31.2 Å². The van der Waals surface area contributed by atoms with Crippen LogP contribution < -0.4 is 5.32 Å². The number of amides is 2. The van der Waals surface area contributed by atoms with Crippen LogP contribution in [-0.2, 0) is 4.79 Å². The Morgan fingerprint density at radius 3 is 2.44 bits per heavy atom. The van der Waals surface area contributed by atoms with Gasteiger partial charge in [0.2, 0.25) is 5.91 Å². The summed E-state index contributed by atoms with van der Waals surface area (Å²) in [6, 6.07) is 11.8. The number of hydrogen-bond acceptors (Lipinski definition) is 2. The van der Waals surface area contributed by atoms with Crippen molar-refractivity contribution in [1.82, 2.24) is 4.90 Å². The molecule has 0 bridgehead atoms. The van der Waals surface area contributed by atoms with E-state index in [2.05, 4.69) is 5.32 Å². The highest BCUT2D eigenvalue weighted by Crippen LogP contribution is 2.14. The maximum Gasteiger partial charge on any atom is 0.254 e. The fraction of sp³-hybridized carbons (Fsp3) is 0.300. The topological polar surface area (TPSA) is 49.4 Å². The maximum absolute atomic E-state index is 13.7. The van der Waals surface area contributed by atoms with E-state index in [-0.39, 0.29) is 23.9 Å². The molecule has 0 fully saturated rings. The predicted octanol–water partition coefficient (Wildman–Crippen LogP) is 3.93. The van der Waals surface area contributed by atoms with Crippen molar-refractivity contribution in [2.24, 2.45) is 0 Å². The van der Waals surface area contributed by atoms with E-state index in [1.807, 2.05) is 38.1 Å². The number of para-hydroxylation sites is 1. The predicted molar refractivity (Wildman–Crippen MR) is 97.1 cm³/mol. The first-order valence-electron chi connectivity index (χ1n) is 8.33. The minimum Gasteiger partial charge on any atom is -0.329 e. The van der Waals surface area contributed by atoms with Crippen molar-refractivity contribution in [3.05, 3.63) is 65.0 Å². The van der Waals surface area contributed by atoms with E-state index in [4.69, 9.17) is 0 Å². The summed E-state index contributed by atoms with van der Waals surface area (Å²) in [5.41, 5.74) is 2.40. The van der Waals surface area contributed by atoms with Crippen molar-refractivity contribution in [3.63, 3.8) is 0 Å². The van der Waals surface area contributed by atoms with Gasteiger partial charge in [0, 0.05) is 17.8 Å².